The number of ether oxygens (including phenoxy) is 3. The van der Waals surface area contributed by atoms with Crippen LogP contribution >= 0.6 is 11.8 Å². The summed E-state index contributed by atoms with van der Waals surface area (Å²) in [6.07, 6.45) is 2.04. The molecular weight excluding hydrogens is 364 g/mol. The van der Waals surface area contributed by atoms with Crippen LogP contribution in [0.5, 0.6) is 11.5 Å². The van der Waals surface area contributed by atoms with Crippen LogP contribution in [0.3, 0.4) is 0 Å². The Morgan fingerprint density at radius 1 is 1.19 bits per heavy atom. The van der Waals surface area contributed by atoms with Gasteiger partial charge in [-0.3, -0.25) is 9.89 Å². The Labute approximate surface area is 164 Å². The van der Waals surface area contributed by atoms with Crippen LogP contribution in [-0.2, 0) is 4.74 Å². The van der Waals surface area contributed by atoms with Crippen molar-refractivity contribution in [3.63, 3.8) is 0 Å². The summed E-state index contributed by atoms with van der Waals surface area (Å²) in [5, 5.41) is 3.20. The van der Waals surface area contributed by atoms with E-state index in [0.29, 0.717) is 25.7 Å². The van der Waals surface area contributed by atoms with E-state index in [1.165, 1.54) is 5.75 Å². The number of nitrogens with one attached hydrogen (secondary N) is 1. The molecule has 8 heteroatoms. The maximum absolute atomic E-state index is 6.20. The average Bonchev–Trinajstić information content (AvgIpc) is 3.07. The monoisotopic (exact) mass is 392 g/mol. The number of morpholine rings is 1. The molecular formula is C19H28N4O3S. The lowest BCUT2D eigenvalue weighted by Gasteiger charge is -2.42. The Kier molecular flexibility index (Phi) is 5.95. The summed E-state index contributed by atoms with van der Waals surface area (Å²) in [6.45, 7) is 5.63. The van der Waals surface area contributed by atoms with Crippen molar-refractivity contribution in [2.75, 3.05) is 62.9 Å². The number of anilines is 1. The zero-order valence-electron chi connectivity index (χ0n) is 15.6. The molecule has 0 radical (unpaired) electrons. The van der Waals surface area contributed by atoms with E-state index in [1.54, 1.807) is 0 Å². The molecule has 148 valence electrons. The third-order valence-corrected chi connectivity index (χ3v) is 6.56. The Bertz CT molecular complexity index is 673. The van der Waals surface area contributed by atoms with E-state index >= 15 is 0 Å². The van der Waals surface area contributed by atoms with Gasteiger partial charge in [0.1, 0.15) is 0 Å². The van der Waals surface area contributed by atoms with Crippen molar-refractivity contribution < 1.29 is 14.2 Å². The highest BCUT2D eigenvalue weighted by atomic mass is 32.2. The second-order valence-electron chi connectivity index (χ2n) is 7.16. The third kappa shape index (κ3) is 4.44. The molecule has 1 unspecified atom stereocenters. The van der Waals surface area contributed by atoms with Crippen LogP contribution < -0.4 is 20.5 Å². The Morgan fingerprint density at radius 3 is 2.78 bits per heavy atom. The number of hydrogen-bond donors (Lipinski definition) is 2. The molecule has 0 spiro atoms. The SMILES string of the molecule is NC(=NCC1(N2CCOCC2)CCSC1)Nc1ccc2c(c1)OCCCO2. The van der Waals surface area contributed by atoms with Crippen molar-refractivity contribution in [3.05, 3.63) is 18.2 Å². The van der Waals surface area contributed by atoms with Crippen molar-refractivity contribution in [1.82, 2.24) is 4.90 Å². The van der Waals surface area contributed by atoms with Crippen LogP contribution in [0.2, 0.25) is 0 Å². The van der Waals surface area contributed by atoms with Crippen molar-refractivity contribution in [1.29, 1.82) is 0 Å². The highest BCUT2D eigenvalue weighted by Gasteiger charge is 2.40. The molecule has 3 aliphatic heterocycles. The van der Waals surface area contributed by atoms with Gasteiger partial charge >= 0.3 is 0 Å². The fraction of sp³-hybridized carbons (Fsp3) is 0.632. The van der Waals surface area contributed by atoms with Crippen LogP contribution in [0.15, 0.2) is 23.2 Å². The van der Waals surface area contributed by atoms with E-state index in [0.717, 1.165) is 62.1 Å². The third-order valence-electron chi connectivity index (χ3n) is 5.33. The van der Waals surface area contributed by atoms with Gasteiger partial charge in [-0.25, -0.2) is 0 Å². The second-order valence-corrected chi connectivity index (χ2v) is 8.27. The predicted molar refractivity (Wildman–Crippen MR) is 109 cm³/mol. The minimum atomic E-state index is 0.103. The molecule has 0 saturated carbocycles. The number of thioether (sulfide) groups is 1. The van der Waals surface area contributed by atoms with Gasteiger partial charge in [0.2, 0.25) is 0 Å². The predicted octanol–water partition coefficient (Wildman–Crippen LogP) is 1.78. The molecule has 2 fully saturated rings. The first-order valence-electron chi connectivity index (χ1n) is 9.62. The van der Waals surface area contributed by atoms with Gasteiger partial charge in [-0.1, -0.05) is 0 Å². The van der Waals surface area contributed by atoms with Gasteiger partial charge < -0.3 is 25.3 Å². The van der Waals surface area contributed by atoms with Crippen molar-refractivity contribution in [3.8, 4) is 11.5 Å². The highest BCUT2D eigenvalue weighted by molar-refractivity contribution is 7.99. The molecule has 0 bridgehead atoms. The van der Waals surface area contributed by atoms with E-state index in [2.05, 4.69) is 10.2 Å². The zero-order valence-corrected chi connectivity index (χ0v) is 16.4. The fourth-order valence-corrected chi connectivity index (χ4v) is 5.24. The van der Waals surface area contributed by atoms with Crippen molar-refractivity contribution >= 4 is 23.4 Å². The lowest BCUT2D eigenvalue weighted by atomic mass is 9.96. The number of nitrogens with zero attached hydrogens (tertiary/aromatic N) is 2. The fourth-order valence-electron chi connectivity index (χ4n) is 3.77. The van der Waals surface area contributed by atoms with Gasteiger partial charge in [-0.15, -0.1) is 0 Å². The standard InChI is InChI=1S/C19H28N4O3S/c20-18(22-15-2-3-16-17(12-15)26-8-1-7-25-16)21-13-19(4-11-27-14-19)23-5-9-24-10-6-23/h2-3,12H,1,4-11,13-14H2,(H3,20,21,22). The molecule has 0 aromatic heterocycles. The van der Waals surface area contributed by atoms with Crippen LogP contribution in [0, 0.1) is 0 Å². The molecule has 7 nitrogen and oxygen atoms in total. The number of guanidine groups is 1. The summed E-state index contributed by atoms with van der Waals surface area (Å²) in [6, 6.07) is 5.78. The highest BCUT2D eigenvalue weighted by Crippen LogP contribution is 2.35. The molecule has 0 aliphatic carbocycles. The zero-order chi connectivity index (χ0) is 18.5. The summed E-state index contributed by atoms with van der Waals surface area (Å²) < 4.78 is 16.9. The van der Waals surface area contributed by atoms with Gasteiger partial charge in [0.15, 0.2) is 17.5 Å². The smallest absolute Gasteiger partial charge is 0.193 e. The number of rotatable bonds is 4. The summed E-state index contributed by atoms with van der Waals surface area (Å²) in [7, 11) is 0. The molecule has 0 amide bonds. The molecule has 3 heterocycles. The number of fused-ring (bicyclic) bond motifs is 1. The first-order valence-corrected chi connectivity index (χ1v) is 10.8. The number of benzene rings is 1. The summed E-state index contributed by atoms with van der Waals surface area (Å²) in [4.78, 5) is 7.24. The lowest BCUT2D eigenvalue weighted by Crippen LogP contribution is -2.56. The van der Waals surface area contributed by atoms with Gasteiger partial charge in [0.25, 0.3) is 0 Å². The Hall–Kier alpha value is -1.64. The minimum absolute atomic E-state index is 0.103. The maximum Gasteiger partial charge on any atom is 0.193 e. The molecule has 1 atom stereocenters. The van der Waals surface area contributed by atoms with E-state index in [-0.39, 0.29) is 5.54 Å². The van der Waals surface area contributed by atoms with Crippen molar-refractivity contribution in [2.24, 2.45) is 10.7 Å². The van der Waals surface area contributed by atoms with Crippen LogP contribution in [-0.4, -0.2) is 74.0 Å². The first kappa shape index (κ1) is 18.7. The molecule has 1 aromatic rings. The van der Waals surface area contributed by atoms with Crippen molar-refractivity contribution in [2.45, 2.75) is 18.4 Å². The van der Waals surface area contributed by atoms with Gasteiger partial charge in [0, 0.05) is 37.0 Å². The van der Waals surface area contributed by atoms with Crippen LogP contribution in [0.25, 0.3) is 0 Å². The van der Waals surface area contributed by atoms with Crippen LogP contribution in [0.4, 0.5) is 5.69 Å². The molecule has 4 rings (SSSR count). The summed E-state index contributed by atoms with van der Waals surface area (Å²) >= 11 is 2.00. The Balaban J connectivity index is 1.42. The van der Waals surface area contributed by atoms with Crippen LogP contribution in [0.1, 0.15) is 12.8 Å². The van der Waals surface area contributed by atoms with E-state index in [1.807, 2.05) is 30.0 Å². The summed E-state index contributed by atoms with van der Waals surface area (Å²) in [5.41, 5.74) is 7.16. The van der Waals surface area contributed by atoms with E-state index in [4.69, 9.17) is 24.9 Å². The Morgan fingerprint density at radius 2 is 2.00 bits per heavy atom. The quantitative estimate of drug-likeness (QED) is 0.597. The molecule has 27 heavy (non-hydrogen) atoms. The van der Waals surface area contributed by atoms with E-state index < -0.39 is 0 Å². The minimum Gasteiger partial charge on any atom is -0.490 e. The largest absolute Gasteiger partial charge is 0.490 e. The first-order chi connectivity index (χ1) is 13.3. The number of nitrogens with two attached hydrogens (primary N) is 1. The molecule has 1 aromatic carbocycles. The number of aliphatic imine (C=N–C) groups is 1. The molecule has 3 aliphatic rings. The molecule has 3 N–H and O–H groups in total. The maximum atomic E-state index is 6.20. The topological polar surface area (TPSA) is 81.3 Å². The normalized spacial score (nSPS) is 26.6. The lowest BCUT2D eigenvalue weighted by molar-refractivity contribution is -0.0104. The number of hydrogen-bond acceptors (Lipinski definition) is 6. The summed E-state index contributed by atoms with van der Waals surface area (Å²) in [5.74, 6) is 4.26. The second kappa shape index (κ2) is 8.58. The van der Waals surface area contributed by atoms with Gasteiger partial charge in [-0.2, -0.15) is 11.8 Å². The van der Waals surface area contributed by atoms with E-state index in [9.17, 15) is 0 Å². The van der Waals surface area contributed by atoms with Gasteiger partial charge in [0.05, 0.1) is 38.5 Å². The molecule has 2 saturated heterocycles. The average molecular weight is 393 g/mol. The van der Waals surface area contributed by atoms with Gasteiger partial charge in [-0.05, 0) is 24.3 Å².